The first-order valence-electron chi connectivity index (χ1n) is 3.71. The van der Waals surface area contributed by atoms with E-state index in [1.807, 2.05) is 18.2 Å². The maximum atomic E-state index is 10.4. The molecule has 1 aromatic carbocycles. The fraction of sp³-hybridized carbons (Fsp3) is 0.111. The molecule has 0 N–H and O–H groups in total. The van der Waals surface area contributed by atoms with Crippen LogP contribution in [-0.2, 0) is 0 Å². The van der Waals surface area contributed by atoms with Crippen molar-refractivity contribution in [3.8, 4) is 0 Å². The quantitative estimate of drug-likeness (QED) is 0.464. The summed E-state index contributed by atoms with van der Waals surface area (Å²) < 4.78 is 0. The number of hydrogen-bond acceptors (Lipinski definition) is 2. The third-order valence-corrected chi connectivity index (χ3v) is 1.85. The van der Waals surface area contributed by atoms with Gasteiger partial charge in [0.1, 0.15) is 0 Å². The van der Waals surface area contributed by atoms with E-state index in [1.54, 1.807) is 12.1 Å². The van der Waals surface area contributed by atoms with Gasteiger partial charge in [-0.3, -0.25) is 10.1 Å². The highest BCUT2D eigenvalue weighted by Gasteiger charge is 2.02. The van der Waals surface area contributed by atoms with Crippen molar-refractivity contribution in [1.29, 1.82) is 0 Å². The van der Waals surface area contributed by atoms with E-state index in [2.05, 4.69) is 15.9 Å². The molecule has 0 aliphatic heterocycles. The van der Waals surface area contributed by atoms with Gasteiger partial charge in [0.05, 0.1) is 4.92 Å². The highest BCUT2D eigenvalue weighted by molar-refractivity contribution is 9.09. The fourth-order valence-corrected chi connectivity index (χ4v) is 1.11. The number of halogens is 1. The second kappa shape index (κ2) is 4.77. The SMILES string of the molecule is O=[N+]([O-])c1cccc(/C=C\CBr)c1. The molecule has 0 amide bonds. The third-order valence-electron chi connectivity index (χ3n) is 1.48. The zero-order chi connectivity index (χ0) is 9.68. The van der Waals surface area contributed by atoms with Crippen LogP contribution in [-0.4, -0.2) is 10.3 Å². The molecule has 0 radical (unpaired) electrons. The van der Waals surface area contributed by atoms with Crippen LogP contribution in [0.4, 0.5) is 5.69 Å². The molecule has 13 heavy (non-hydrogen) atoms. The number of nitro benzene ring substituents is 1. The molecule has 3 nitrogen and oxygen atoms in total. The van der Waals surface area contributed by atoms with Crippen molar-refractivity contribution in [1.82, 2.24) is 0 Å². The normalized spacial score (nSPS) is 10.5. The zero-order valence-electron chi connectivity index (χ0n) is 6.81. The summed E-state index contributed by atoms with van der Waals surface area (Å²) in [6.07, 6.45) is 3.72. The standard InChI is InChI=1S/C9H8BrNO2/c10-6-2-4-8-3-1-5-9(7-8)11(12)13/h1-5,7H,6H2/b4-2-. The van der Waals surface area contributed by atoms with Gasteiger partial charge in [0, 0.05) is 17.5 Å². The van der Waals surface area contributed by atoms with Crippen LogP contribution in [0.1, 0.15) is 5.56 Å². The Kier molecular flexibility index (Phi) is 3.64. The van der Waals surface area contributed by atoms with Gasteiger partial charge in [-0.2, -0.15) is 0 Å². The molecule has 0 bridgehead atoms. The van der Waals surface area contributed by atoms with Gasteiger partial charge in [0.25, 0.3) is 5.69 Å². The van der Waals surface area contributed by atoms with E-state index >= 15 is 0 Å². The van der Waals surface area contributed by atoms with E-state index in [0.717, 1.165) is 10.9 Å². The molecule has 0 heterocycles. The Balaban J connectivity index is 2.92. The largest absolute Gasteiger partial charge is 0.270 e. The van der Waals surface area contributed by atoms with E-state index in [1.165, 1.54) is 6.07 Å². The minimum Gasteiger partial charge on any atom is -0.258 e. The van der Waals surface area contributed by atoms with Crippen LogP contribution in [0.3, 0.4) is 0 Å². The van der Waals surface area contributed by atoms with E-state index < -0.39 is 4.92 Å². The van der Waals surface area contributed by atoms with Gasteiger partial charge >= 0.3 is 0 Å². The summed E-state index contributed by atoms with van der Waals surface area (Å²) in [6, 6.07) is 6.52. The van der Waals surface area contributed by atoms with E-state index in [9.17, 15) is 10.1 Å². The topological polar surface area (TPSA) is 43.1 Å². The lowest BCUT2D eigenvalue weighted by Gasteiger charge is -1.93. The van der Waals surface area contributed by atoms with Crippen molar-refractivity contribution < 1.29 is 4.92 Å². The Morgan fingerprint density at radius 1 is 1.54 bits per heavy atom. The Hall–Kier alpha value is -1.16. The number of allylic oxidation sites excluding steroid dienone is 1. The summed E-state index contributed by atoms with van der Waals surface area (Å²) in [6.45, 7) is 0. The number of alkyl halides is 1. The molecule has 0 saturated carbocycles. The van der Waals surface area contributed by atoms with Crippen LogP contribution in [0.5, 0.6) is 0 Å². The fourth-order valence-electron chi connectivity index (χ4n) is 0.923. The summed E-state index contributed by atoms with van der Waals surface area (Å²) in [5.41, 5.74) is 0.963. The van der Waals surface area contributed by atoms with Crippen molar-refractivity contribution in [2.24, 2.45) is 0 Å². The van der Waals surface area contributed by atoms with Crippen molar-refractivity contribution >= 4 is 27.7 Å². The van der Waals surface area contributed by atoms with Gasteiger partial charge in [-0.05, 0) is 5.56 Å². The first-order valence-corrected chi connectivity index (χ1v) is 4.83. The first-order chi connectivity index (χ1) is 6.24. The highest BCUT2D eigenvalue weighted by atomic mass is 79.9. The summed E-state index contributed by atoms with van der Waals surface area (Å²) >= 11 is 3.23. The van der Waals surface area contributed by atoms with Crippen molar-refractivity contribution in [2.45, 2.75) is 0 Å². The monoisotopic (exact) mass is 241 g/mol. The molecule has 0 atom stereocenters. The number of hydrogen-bond donors (Lipinski definition) is 0. The number of nitrogens with zero attached hydrogens (tertiary/aromatic N) is 1. The van der Waals surface area contributed by atoms with Crippen molar-refractivity contribution in [3.05, 3.63) is 46.0 Å². The van der Waals surface area contributed by atoms with Gasteiger partial charge < -0.3 is 0 Å². The minimum absolute atomic E-state index is 0.122. The molecule has 0 spiro atoms. The summed E-state index contributed by atoms with van der Waals surface area (Å²) in [7, 11) is 0. The molecule has 0 aromatic heterocycles. The molecular weight excluding hydrogens is 234 g/mol. The Labute approximate surface area is 84.4 Å². The highest BCUT2D eigenvalue weighted by Crippen LogP contribution is 2.13. The minimum atomic E-state index is -0.397. The lowest BCUT2D eigenvalue weighted by molar-refractivity contribution is -0.384. The van der Waals surface area contributed by atoms with Crippen LogP contribution in [0.2, 0.25) is 0 Å². The lowest BCUT2D eigenvalue weighted by Crippen LogP contribution is -1.87. The maximum Gasteiger partial charge on any atom is 0.270 e. The van der Waals surface area contributed by atoms with Gasteiger partial charge in [0.15, 0.2) is 0 Å². The predicted octanol–water partition coefficient (Wildman–Crippen LogP) is 3.00. The zero-order valence-corrected chi connectivity index (χ0v) is 8.40. The molecule has 1 rings (SSSR count). The molecule has 1 aromatic rings. The summed E-state index contributed by atoms with van der Waals surface area (Å²) in [4.78, 5) is 10.0. The summed E-state index contributed by atoms with van der Waals surface area (Å²) in [5.74, 6) is 0. The second-order valence-corrected chi connectivity index (χ2v) is 3.06. The van der Waals surface area contributed by atoms with Crippen LogP contribution in [0, 0.1) is 10.1 Å². The number of rotatable bonds is 3. The Bertz CT molecular complexity index is 336. The average Bonchev–Trinajstić information content (AvgIpc) is 2.15. The lowest BCUT2D eigenvalue weighted by atomic mass is 10.2. The van der Waals surface area contributed by atoms with Gasteiger partial charge in [-0.25, -0.2) is 0 Å². The smallest absolute Gasteiger partial charge is 0.258 e. The van der Waals surface area contributed by atoms with Crippen LogP contribution >= 0.6 is 15.9 Å². The predicted molar refractivity (Wildman–Crippen MR) is 55.9 cm³/mol. The Morgan fingerprint density at radius 3 is 2.92 bits per heavy atom. The molecule has 0 saturated heterocycles. The molecule has 0 fully saturated rings. The van der Waals surface area contributed by atoms with Crippen LogP contribution < -0.4 is 0 Å². The third kappa shape index (κ3) is 2.99. The number of non-ortho nitro benzene ring substituents is 1. The second-order valence-electron chi connectivity index (χ2n) is 2.41. The van der Waals surface area contributed by atoms with Crippen molar-refractivity contribution in [2.75, 3.05) is 5.33 Å². The van der Waals surface area contributed by atoms with Crippen LogP contribution in [0.25, 0.3) is 6.08 Å². The summed E-state index contributed by atoms with van der Waals surface area (Å²) in [5, 5.41) is 11.1. The number of benzene rings is 1. The van der Waals surface area contributed by atoms with E-state index in [4.69, 9.17) is 0 Å². The van der Waals surface area contributed by atoms with Gasteiger partial charge in [-0.15, -0.1) is 0 Å². The van der Waals surface area contributed by atoms with E-state index in [-0.39, 0.29) is 5.69 Å². The first kappa shape index (κ1) is 9.92. The molecular formula is C9H8BrNO2. The average molecular weight is 242 g/mol. The molecule has 68 valence electrons. The molecule has 0 aliphatic carbocycles. The van der Waals surface area contributed by atoms with E-state index in [0.29, 0.717) is 0 Å². The molecule has 0 aliphatic rings. The van der Waals surface area contributed by atoms with Crippen molar-refractivity contribution in [3.63, 3.8) is 0 Å². The van der Waals surface area contributed by atoms with Gasteiger partial charge in [-0.1, -0.05) is 40.2 Å². The molecule has 4 heteroatoms. The number of nitro groups is 1. The Morgan fingerprint density at radius 2 is 2.31 bits per heavy atom. The van der Waals surface area contributed by atoms with Gasteiger partial charge in [0.2, 0.25) is 0 Å². The van der Waals surface area contributed by atoms with Crippen LogP contribution in [0.15, 0.2) is 30.3 Å². The maximum absolute atomic E-state index is 10.4. The molecule has 0 unspecified atom stereocenters.